The summed E-state index contributed by atoms with van der Waals surface area (Å²) in [5.41, 5.74) is 0.624. The van der Waals surface area contributed by atoms with Crippen LogP contribution in [0.25, 0.3) is 10.9 Å². The number of benzene rings is 1. The van der Waals surface area contributed by atoms with E-state index in [9.17, 15) is 14.0 Å². The third kappa shape index (κ3) is 1.75. The van der Waals surface area contributed by atoms with Gasteiger partial charge in [0.15, 0.2) is 0 Å². The third-order valence-corrected chi connectivity index (χ3v) is 2.97. The minimum atomic E-state index is -0.647. The maximum atomic E-state index is 13.5. The lowest BCUT2D eigenvalue weighted by Crippen LogP contribution is -2.14. The first-order valence-corrected chi connectivity index (χ1v) is 6.06. The van der Waals surface area contributed by atoms with Crippen LogP contribution in [0.4, 0.5) is 4.39 Å². The van der Waals surface area contributed by atoms with Crippen LogP contribution in [0.3, 0.4) is 0 Å². The van der Waals surface area contributed by atoms with E-state index in [1.165, 1.54) is 12.3 Å². The van der Waals surface area contributed by atoms with E-state index in [2.05, 4.69) is 4.98 Å². The zero-order valence-electron chi connectivity index (χ0n) is 8.09. The Labute approximate surface area is 104 Å². The zero-order chi connectivity index (χ0) is 11.7. The van der Waals surface area contributed by atoms with Crippen LogP contribution in [0.1, 0.15) is 10.4 Å². The molecule has 0 aliphatic carbocycles. The fourth-order valence-corrected chi connectivity index (χ4v) is 1.88. The average molecular weight is 331 g/mol. The molecule has 0 aliphatic heterocycles. The Bertz CT molecular complexity index is 576. The minimum Gasteiger partial charge on any atom is -0.360 e. The summed E-state index contributed by atoms with van der Waals surface area (Å²) in [6.07, 6.45) is 1.38. The lowest BCUT2D eigenvalue weighted by molar-refractivity contribution is -0.112. The highest BCUT2D eigenvalue weighted by atomic mass is 127. The fourth-order valence-electron chi connectivity index (χ4n) is 1.53. The number of rotatable bonds is 3. The van der Waals surface area contributed by atoms with E-state index in [-0.39, 0.29) is 15.4 Å². The van der Waals surface area contributed by atoms with Crippen LogP contribution in [0.15, 0.2) is 24.4 Å². The van der Waals surface area contributed by atoms with E-state index in [1.807, 2.05) is 22.6 Å². The monoisotopic (exact) mass is 331 g/mol. The summed E-state index contributed by atoms with van der Waals surface area (Å²) >= 11 is 1.81. The first-order valence-electron chi connectivity index (χ1n) is 4.54. The highest BCUT2D eigenvalue weighted by Gasteiger charge is 2.20. The molecule has 0 spiro atoms. The molecule has 1 heterocycles. The van der Waals surface area contributed by atoms with Gasteiger partial charge in [-0.15, -0.1) is 0 Å². The molecule has 1 N–H and O–H groups in total. The van der Waals surface area contributed by atoms with Gasteiger partial charge >= 0.3 is 0 Å². The van der Waals surface area contributed by atoms with Gasteiger partial charge in [-0.3, -0.25) is 9.59 Å². The van der Waals surface area contributed by atoms with Gasteiger partial charge in [0.2, 0.25) is 11.6 Å². The number of hydrogen-bond donors (Lipinski definition) is 1. The van der Waals surface area contributed by atoms with Crippen molar-refractivity contribution in [3.05, 3.63) is 35.8 Å². The summed E-state index contributed by atoms with van der Waals surface area (Å²) in [5, 5.41) is 0.186. The topological polar surface area (TPSA) is 49.9 Å². The molecule has 0 fully saturated rings. The van der Waals surface area contributed by atoms with Crippen molar-refractivity contribution in [3.63, 3.8) is 0 Å². The molecule has 3 nitrogen and oxygen atoms in total. The number of aromatic nitrogens is 1. The summed E-state index contributed by atoms with van der Waals surface area (Å²) in [4.78, 5) is 25.7. The molecule has 2 aromatic rings. The number of fused-ring (bicyclic) bond motifs is 1. The van der Waals surface area contributed by atoms with E-state index < -0.39 is 17.4 Å². The Hall–Kier alpha value is -1.24. The van der Waals surface area contributed by atoms with Crippen molar-refractivity contribution in [2.45, 2.75) is 0 Å². The number of carbonyl (C=O) groups is 2. The van der Waals surface area contributed by atoms with E-state index in [0.29, 0.717) is 5.52 Å². The molecule has 0 unspecified atom stereocenters. The molecule has 0 saturated heterocycles. The molecule has 0 saturated carbocycles. The van der Waals surface area contributed by atoms with Crippen molar-refractivity contribution in [1.29, 1.82) is 0 Å². The van der Waals surface area contributed by atoms with E-state index >= 15 is 0 Å². The molecule has 16 heavy (non-hydrogen) atoms. The lowest BCUT2D eigenvalue weighted by Gasteiger charge is -1.97. The molecule has 0 atom stereocenters. The SMILES string of the molecule is O=C(CI)C(=O)c1c[nH]c2cccc(F)c12. The average Bonchev–Trinajstić information content (AvgIpc) is 2.72. The lowest BCUT2D eigenvalue weighted by atomic mass is 10.1. The van der Waals surface area contributed by atoms with E-state index in [0.717, 1.165) is 0 Å². The van der Waals surface area contributed by atoms with Crippen LogP contribution >= 0.6 is 22.6 Å². The normalized spacial score (nSPS) is 10.6. The molecule has 0 bridgehead atoms. The number of aromatic amines is 1. The second-order valence-electron chi connectivity index (χ2n) is 3.25. The number of halogens is 2. The molecule has 0 aliphatic rings. The van der Waals surface area contributed by atoms with Gasteiger partial charge in [-0.2, -0.15) is 0 Å². The second kappa shape index (κ2) is 4.32. The number of Topliss-reactive ketones (excluding diaryl/α,β-unsaturated/α-hetero) is 2. The Morgan fingerprint density at radius 2 is 2.12 bits per heavy atom. The van der Waals surface area contributed by atoms with Crippen molar-refractivity contribution < 1.29 is 14.0 Å². The van der Waals surface area contributed by atoms with Crippen molar-refractivity contribution in [2.24, 2.45) is 0 Å². The van der Waals surface area contributed by atoms with Gasteiger partial charge in [0.1, 0.15) is 5.82 Å². The first-order chi connectivity index (χ1) is 7.65. The maximum Gasteiger partial charge on any atom is 0.231 e. The smallest absolute Gasteiger partial charge is 0.231 e. The number of hydrogen-bond acceptors (Lipinski definition) is 2. The molecule has 5 heteroatoms. The zero-order valence-corrected chi connectivity index (χ0v) is 10.2. The predicted octanol–water partition coefficient (Wildman–Crippen LogP) is 2.49. The second-order valence-corrected chi connectivity index (χ2v) is 4.01. The maximum absolute atomic E-state index is 13.5. The van der Waals surface area contributed by atoms with Crippen LogP contribution < -0.4 is 0 Å². The number of ketones is 2. The van der Waals surface area contributed by atoms with Gasteiger partial charge in [-0.05, 0) is 12.1 Å². The van der Waals surface area contributed by atoms with E-state index in [4.69, 9.17) is 0 Å². The Kier molecular flexibility index (Phi) is 3.04. The summed E-state index contributed by atoms with van der Waals surface area (Å²) in [5.74, 6) is -1.67. The van der Waals surface area contributed by atoms with Gasteiger partial charge in [0.05, 0.1) is 9.99 Å². The van der Waals surface area contributed by atoms with Crippen molar-refractivity contribution >= 4 is 45.1 Å². The number of alkyl halides is 1. The Morgan fingerprint density at radius 1 is 1.38 bits per heavy atom. The fraction of sp³-hybridized carbons (Fsp3) is 0.0909. The van der Waals surface area contributed by atoms with Crippen LogP contribution in [0.5, 0.6) is 0 Å². The molecule has 0 radical (unpaired) electrons. The largest absolute Gasteiger partial charge is 0.360 e. The van der Waals surface area contributed by atoms with Gasteiger partial charge < -0.3 is 4.98 Å². The quantitative estimate of drug-likeness (QED) is 0.407. The summed E-state index contributed by atoms with van der Waals surface area (Å²) in [6.45, 7) is 0. The number of nitrogens with one attached hydrogen (secondary N) is 1. The van der Waals surface area contributed by atoms with Crippen molar-refractivity contribution in [2.75, 3.05) is 4.43 Å². The van der Waals surface area contributed by atoms with Gasteiger partial charge in [0.25, 0.3) is 0 Å². The Balaban J connectivity index is 2.62. The molecule has 1 aromatic carbocycles. The minimum absolute atomic E-state index is 0.0950. The van der Waals surface area contributed by atoms with Crippen molar-refractivity contribution in [1.82, 2.24) is 4.98 Å². The molecule has 0 amide bonds. The predicted molar refractivity (Wildman–Crippen MR) is 66.5 cm³/mol. The summed E-state index contributed by atoms with van der Waals surface area (Å²) < 4.78 is 13.6. The molecular formula is C11H7FINO2. The third-order valence-electron chi connectivity index (χ3n) is 2.27. The highest BCUT2D eigenvalue weighted by molar-refractivity contribution is 14.1. The van der Waals surface area contributed by atoms with Crippen molar-refractivity contribution in [3.8, 4) is 0 Å². The van der Waals surface area contributed by atoms with Gasteiger partial charge in [-0.1, -0.05) is 28.7 Å². The summed E-state index contributed by atoms with van der Waals surface area (Å²) in [6, 6.07) is 4.47. The van der Waals surface area contributed by atoms with Gasteiger partial charge in [-0.25, -0.2) is 4.39 Å². The van der Waals surface area contributed by atoms with Gasteiger partial charge in [0, 0.05) is 17.1 Å². The standard InChI is InChI=1S/C11H7FINO2/c12-7-2-1-3-8-10(7)6(5-14-8)11(16)9(15)4-13/h1-3,5,14H,4H2. The van der Waals surface area contributed by atoms with Crippen LogP contribution in [-0.4, -0.2) is 21.0 Å². The molecule has 82 valence electrons. The Morgan fingerprint density at radius 3 is 2.81 bits per heavy atom. The number of carbonyl (C=O) groups excluding carboxylic acids is 2. The molecular weight excluding hydrogens is 324 g/mol. The molecule has 1 aromatic heterocycles. The van der Waals surface area contributed by atoms with Crippen LogP contribution in [-0.2, 0) is 4.79 Å². The highest BCUT2D eigenvalue weighted by Crippen LogP contribution is 2.22. The van der Waals surface area contributed by atoms with E-state index in [1.54, 1.807) is 12.1 Å². The van der Waals surface area contributed by atoms with Crippen LogP contribution in [0.2, 0.25) is 0 Å². The number of H-pyrrole nitrogens is 1. The summed E-state index contributed by atoms with van der Waals surface area (Å²) in [7, 11) is 0. The molecule has 2 rings (SSSR count). The first kappa shape index (κ1) is 11.3. The van der Waals surface area contributed by atoms with Crippen LogP contribution in [0, 0.1) is 5.82 Å².